The Hall–Kier alpha value is -3.22. The maximum Gasteiger partial charge on any atom is 0.341 e. The minimum absolute atomic E-state index is 0.209. The lowest BCUT2D eigenvalue weighted by molar-refractivity contribution is 0.0600. The second-order valence-corrected chi connectivity index (χ2v) is 12.5. The van der Waals surface area contributed by atoms with Crippen LogP contribution in [0.1, 0.15) is 70.3 Å². The van der Waals surface area contributed by atoms with E-state index in [-0.39, 0.29) is 11.3 Å². The van der Waals surface area contributed by atoms with Crippen LogP contribution in [0.25, 0.3) is 22.2 Å². The molecule has 2 heterocycles. The normalized spacial score (nSPS) is 15.2. The zero-order chi connectivity index (χ0) is 27.9. The van der Waals surface area contributed by atoms with Gasteiger partial charge in [-0.25, -0.2) is 9.78 Å². The maximum absolute atomic E-state index is 14.0. The van der Waals surface area contributed by atoms with Crippen LogP contribution in [-0.2, 0) is 17.6 Å². The first kappa shape index (κ1) is 27.4. The third-order valence-electron chi connectivity index (χ3n) is 8.36. The average Bonchev–Trinajstić information content (AvgIpc) is 3.29. The summed E-state index contributed by atoms with van der Waals surface area (Å²) in [6.45, 7) is 8.77. The Morgan fingerprint density at radius 2 is 1.92 bits per heavy atom. The number of carbonyl (C=O) groups is 2. The minimum Gasteiger partial charge on any atom is -0.465 e. The number of anilines is 1. The Bertz CT molecular complexity index is 1590. The molecule has 1 N–H and O–H groups in total. The highest BCUT2D eigenvalue weighted by molar-refractivity contribution is 7.17. The number of halogens is 1. The third kappa shape index (κ3) is 5.08. The van der Waals surface area contributed by atoms with E-state index in [1.807, 2.05) is 55.5 Å². The Kier molecular flexibility index (Phi) is 7.53. The summed E-state index contributed by atoms with van der Waals surface area (Å²) in [5.74, 6) is -0.162. The first-order valence-electron chi connectivity index (χ1n) is 13.3. The number of aromatic nitrogens is 1. The number of benzene rings is 2. The van der Waals surface area contributed by atoms with Gasteiger partial charge in [-0.2, -0.15) is 0 Å². The number of esters is 1. The smallest absolute Gasteiger partial charge is 0.341 e. The van der Waals surface area contributed by atoms with Crippen LogP contribution in [0.5, 0.6) is 0 Å². The highest BCUT2D eigenvalue weighted by atomic mass is 35.5. The summed E-state index contributed by atoms with van der Waals surface area (Å²) in [7, 11) is 1.39. The summed E-state index contributed by atoms with van der Waals surface area (Å²) in [6.07, 6.45) is 3.81. The van der Waals surface area contributed by atoms with Crippen LogP contribution >= 0.6 is 22.9 Å². The molecule has 0 bridgehead atoms. The van der Waals surface area contributed by atoms with Crippen molar-refractivity contribution in [3.05, 3.63) is 80.7 Å². The van der Waals surface area contributed by atoms with Crippen LogP contribution in [0.15, 0.2) is 48.5 Å². The summed E-state index contributed by atoms with van der Waals surface area (Å²) >= 11 is 7.79. The highest BCUT2D eigenvalue weighted by Gasteiger charge is 2.36. The van der Waals surface area contributed by atoms with Crippen molar-refractivity contribution >= 4 is 50.7 Å². The van der Waals surface area contributed by atoms with Gasteiger partial charge in [0.05, 0.1) is 29.4 Å². The van der Waals surface area contributed by atoms with Crippen molar-refractivity contribution in [1.29, 1.82) is 0 Å². The Morgan fingerprint density at radius 3 is 2.64 bits per heavy atom. The third-order valence-corrected chi connectivity index (χ3v) is 9.76. The van der Waals surface area contributed by atoms with Gasteiger partial charge in [0.15, 0.2) is 0 Å². The molecule has 4 aromatic rings. The zero-order valence-electron chi connectivity index (χ0n) is 23.0. The Labute approximate surface area is 238 Å². The van der Waals surface area contributed by atoms with Gasteiger partial charge in [0.1, 0.15) is 5.00 Å². The number of amides is 1. The standard InChI is InChI=1S/C32H33ClN2O3S/c1-6-32(3,4)20-14-15-23-25(17-20)39-30(27(23)31(37)38-5)35-29(36)26-18(2)28(19-10-9-11-21(33)16-19)34-24-13-8-7-12-22(24)26/h7-13,16,20H,6,14-15,17H2,1-5H3,(H,35,36)/t20-/m1/s1. The van der Waals surface area contributed by atoms with E-state index in [0.717, 1.165) is 47.8 Å². The van der Waals surface area contributed by atoms with Crippen molar-refractivity contribution in [3.63, 3.8) is 0 Å². The Morgan fingerprint density at radius 1 is 1.15 bits per heavy atom. The number of nitrogens with zero attached hydrogens (tertiary/aromatic N) is 1. The van der Waals surface area contributed by atoms with Crippen LogP contribution in [0.2, 0.25) is 5.02 Å². The molecule has 202 valence electrons. The van der Waals surface area contributed by atoms with Gasteiger partial charge in [-0.05, 0) is 66.8 Å². The predicted octanol–water partition coefficient (Wildman–Crippen LogP) is 8.51. The summed E-state index contributed by atoms with van der Waals surface area (Å²) in [5.41, 5.74) is 5.25. The van der Waals surface area contributed by atoms with Gasteiger partial charge in [-0.15, -0.1) is 11.3 Å². The SMILES string of the molecule is CCC(C)(C)[C@@H]1CCc2c(sc(NC(=O)c3c(C)c(-c4cccc(Cl)c4)nc4ccccc34)c2C(=O)OC)C1. The number of rotatable bonds is 6. The van der Waals surface area contributed by atoms with Gasteiger partial charge >= 0.3 is 5.97 Å². The summed E-state index contributed by atoms with van der Waals surface area (Å²) in [4.78, 5) is 33.1. The van der Waals surface area contributed by atoms with E-state index in [2.05, 4.69) is 26.1 Å². The van der Waals surface area contributed by atoms with Gasteiger partial charge in [-0.1, -0.05) is 69.1 Å². The molecule has 5 nitrogen and oxygen atoms in total. The number of thiophene rings is 1. The maximum atomic E-state index is 14.0. The largest absolute Gasteiger partial charge is 0.465 e. The Balaban J connectivity index is 1.59. The zero-order valence-corrected chi connectivity index (χ0v) is 24.6. The fraction of sp³-hybridized carbons (Fsp3) is 0.344. The summed E-state index contributed by atoms with van der Waals surface area (Å²) < 4.78 is 5.18. The molecule has 2 aromatic heterocycles. The number of nitrogens with one attached hydrogen (secondary N) is 1. The van der Waals surface area contributed by atoms with E-state index in [1.165, 1.54) is 23.3 Å². The first-order valence-corrected chi connectivity index (χ1v) is 14.5. The van der Waals surface area contributed by atoms with Crippen molar-refractivity contribution in [2.75, 3.05) is 12.4 Å². The minimum atomic E-state index is -0.410. The molecule has 1 amide bonds. The second-order valence-electron chi connectivity index (χ2n) is 10.9. The number of hydrogen-bond acceptors (Lipinski definition) is 5. The van der Waals surface area contributed by atoms with Gasteiger partial charge in [0.2, 0.25) is 0 Å². The van der Waals surface area contributed by atoms with E-state index in [1.54, 1.807) is 0 Å². The average molecular weight is 561 g/mol. The summed E-state index contributed by atoms with van der Waals surface area (Å²) in [6, 6.07) is 15.1. The van der Waals surface area contributed by atoms with Crippen LogP contribution in [0, 0.1) is 18.3 Å². The van der Waals surface area contributed by atoms with Gasteiger partial charge < -0.3 is 10.1 Å². The molecule has 1 aliphatic carbocycles. The van der Waals surface area contributed by atoms with Crippen LogP contribution < -0.4 is 5.32 Å². The molecule has 0 saturated heterocycles. The van der Waals surface area contributed by atoms with E-state index < -0.39 is 5.97 Å². The van der Waals surface area contributed by atoms with E-state index in [0.29, 0.717) is 38.3 Å². The number of carbonyl (C=O) groups excluding carboxylic acids is 2. The second kappa shape index (κ2) is 10.7. The van der Waals surface area contributed by atoms with Crippen LogP contribution in [-0.4, -0.2) is 24.0 Å². The lowest BCUT2D eigenvalue weighted by atomic mass is 9.69. The fourth-order valence-corrected chi connectivity index (χ4v) is 7.13. The van der Waals surface area contributed by atoms with Crippen molar-refractivity contribution in [1.82, 2.24) is 4.98 Å². The lowest BCUT2D eigenvalue weighted by Gasteiger charge is -2.36. The summed E-state index contributed by atoms with van der Waals surface area (Å²) in [5, 5.41) is 5.02. The van der Waals surface area contributed by atoms with E-state index >= 15 is 0 Å². The van der Waals surface area contributed by atoms with Crippen LogP contribution in [0.3, 0.4) is 0 Å². The van der Waals surface area contributed by atoms with Crippen molar-refractivity contribution in [2.45, 2.75) is 53.4 Å². The molecule has 0 fully saturated rings. The number of methoxy groups -OCH3 is 1. The first-order chi connectivity index (χ1) is 18.6. The number of pyridine rings is 1. The molecular formula is C32H33ClN2O3S. The van der Waals surface area contributed by atoms with Crippen LogP contribution in [0.4, 0.5) is 5.00 Å². The molecule has 1 atom stereocenters. The molecule has 0 unspecified atom stereocenters. The molecule has 5 rings (SSSR count). The number of para-hydroxylation sites is 1. The molecule has 0 spiro atoms. The molecular weight excluding hydrogens is 528 g/mol. The molecule has 39 heavy (non-hydrogen) atoms. The molecule has 1 aliphatic rings. The fourth-order valence-electron chi connectivity index (χ4n) is 5.63. The van der Waals surface area contributed by atoms with E-state index in [9.17, 15) is 9.59 Å². The number of hydrogen-bond donors (Lipinski definition) is 1. The van der Waals surface area contributed by atoms with Gasteiger partial charge in [0.25, 0.3) is 5.91 Å². The van der Waals surface area contributed by atoms with Crippen molar-refractivity contribution in [2.24, 2.45) is 11.3 Å². The van der Waals surface area contributed by atoms with Gasteiger partial charge in [0, 0.05) is 20.8 Å². The monoisotopic (exact) mass is 560 g/mol. The molecule has 0 saturated carbocycles. The van der Waals surface area contributed by atoms with E-state index in [4.69, 9.17) is 21.3 Å². The molecule has 0 radical (unpaired) electrons. The lowest BCUT2D eigenvalue weighted by Crippen LogP contribution is -2.28. The molecule has 7 heteroatoms. The quantitative estimate of drug-likeness (QED) is 0.240. The number of ether oxygens (including phenoxy) is 1. The molecule has 0 aliphatic heterocycles. The topological polar surface area (TPSA) is 68.3 Å². The molecule has 2 aromatic carbocycles. The van der Waals surface area contributed by atoms with Crippen molar-refractivity contribution < 1.29 is 14.3 Å². The van der Waals surface area contributed by atoms with Crippen molar-refractivity contribution in [3.8, 4) is 11.3 Å². The number of fused-ring (bicyclic) bond motifs is 2. The highest BCUT2D eigenvalue weighted by Crippen LogP contribution is 2.46. The van der Waals surface area contributed by atoms with Gasteiger partial charge in [-0.3, -0.25) is 4.79 Å². The predicted molar refractivity (Wildman–Crippen MR) is 160 cm³/mol.